The van der Waals surface area contributed by atoms with E-state index in [4.69, 9.17) is 11.6 Å². The molecule has 2 heterocycles. The number of pyridine rings is 1. The first-order valence-corrected chi connectivity index (χ1v) is 7.07. The zero-order valence-corrected chi connectivity index (χ0v) is 12.4. The number of rotatable bonds is 4. The number of amides is 1. The number of nitrogens with one attached hydrogen (secondary N) is 1. The number of halogens is 1. The molecule has 0 unspecified atom stereocenters. The van der Waals surface area contributed by atoms with Crippen LogP contribution in [0, 0.1) is 0 Å². The zero-order valence-electron chi connectivity index (χ0n) is 11.6. The van der Waals surface area contributed by atoms with Crippen molar-refractivity contribution in [3.63, 3.8) is 0 Å². The van der Waals surface area contributed by atoms with Crippen molar-refractivity contribution in [1.29, 1.82) is 0 Å². The molecule has 0 aliphatic carbocycles. The first kappa shape index (κ1) is 14.3. The molecule has 0 aliphatic heterocycles. The van der Waals surface area contributed by atoms with Crippen LogP contribution in [-0.4, -0.2) is 20.4 Å². The second-order valence-electron chi connectivity index (χ2n) is 4.69. The Labute approximate surface area is 132 Å². The van der Waals surface area contributed by atoms with Crippen molar-refractivity contribution in [3.8, 4) is 5.82 Å². The van der Waals surface area contributed by atoms with E-state index in [1.807, 2.05) is 22.9 Å². The Bertz CT molecular complexity index is 769. The van der Waals surface area contributed by atoms with Crippen molar-refractivity contribution in [2.24, 2.45) is 0 Å². The third-order valence-corrected chi connectivity index (χ3v) is 3.35. The fourth-order valence-electron chi connectivity index (χ4n) is 1.98. The third kappa shape index (κ3) is 3.32. The molecule has 3 rings (SSSR count). The van der Waals surface area contributed by atoms with Crippen molar-refractivity contribution in [3.05, 3.63) is 77.5 Å². The quantitative estimate of drug-likeness (QED) is 0.806. The van der Waals surface area contributed by atoms with Gasteiger partial charge in [-0.2, -0.15) is 0 Å². The highest BCUT2D eigenvalue weighted by Gasteiger charge is 2.06. The Balaban J connectivity index is 1.63. The van der Waals surface area contributed by atoms with Gasteiger partial charge in [0.2, 0.25) is 0 Å². The summed E-state index contributed by atoms with van der Waals surface area (Å²) in [7, 11) is 0. The maximum atomic E-state index is 12.0. The molecule has 0 spiro atoms. The number of aromatic nitrogens is 3. The molecule has 0 radical (unpaired) electrons. The van der Waals surface area contributed by atoms with Crippen LogP contribution in [0.1, 0.15) is 15.9 Å². The van der Waals surface area contributed by atoms with Gasteiger partial charge in [-0.3, -0.25) is 9.36 Å². The molecule has 0 atom stereocenters. The maximum absolute atomic E-state index is 12.0. The minimum Gasteiger partial charge on any atom is -0.348 e. The number of imidazole rings is 1. The van der Waals surface area contributed by atoms with Crippen LogP contribution < -0.4 is 5.32 Å². The molecule has 0 saturated heterocycles. The Morgan fingerprint density at radius 1 is 1.27 bits per heavy atom. The van der Waals surface area contributed by atoms with Crippen molar-refractivity contribution in [2.45, 2.75) is 6.54 Å². The van der Waals surface area contributed by atoms with Crippen LogP contribution in [0.5, 0.6) is 0 Å². The largest absolute Gasteiger partial charge is 0.348 e. The lowest BCUT2D eigenvalue weighted by atomic mass is 10.2. The molecular weight excluding hydrogens is 300 g/mol. The lowest BCUT2D eigenvalue weighted by Gasteiger charge is -2.06. The van der Waals surface area contributed by atoms with Gasteiger partial charge in [-0.25, -0.2) is 9.97 Å². The molecule has 0 aliphatic rings. The van der Waals surface area contributed by atoms with E-state index in [1.54, 1.807) is 43.0 Å². The van der Waals surface area contributed by atoms with E-state index in [-0.39, 0.29) is 5.91 Å². The van der Waals surface area contributed by atoms with E-state index >= 15 is 0 Å². The van der Waals surface area contributed by atoms with Gasteiger partial charge in [0, 0.05) is 35.7 Å². The van der Waals surface area contributed by atoms with Crippen LogP contribution in [-0.2, 0) is 6.54 Å². The molecule has 6 heteroatoms. The standard InChI is InChI=1S/C16H13ClN4O/c17-14-3-1-2-13(8-14)16(22)20-10-12-4-5-15(19-9-12)21-7-6-18-11-21/h1-9,11H,10H2,(H,20,22). The number of hydrogen-bond acceptors (Lipinski definition) is 3. The minimum absolute atomic E-state index is 0.166. The second-order valence-corrected chi connectivity index (χ2v) is 5.12. The monoisotopic (exact) mass is 312 g/mol. The zero-order chi connectivity index (χ0) is 15.4. The maximum Gasteiger partial charge on any atom is 0.251 e. The van der Waals surface area contributed by atoms with Crippen LogP contribution in [0.15, 0.2) is 61.3 Å². The predicted molar refractivity (Wildman–Crippen MR) is 84.0 cm³/mol. The summed E-state index contributed by atoms with van der Waals surface area (Å²) in [5.41, 5.74) is 1.45. The molecule has 2 aromatic heterocycles. The highest BCUT2D eigenvalue weighted by molar-refractivity contribution is 6.30. The lowest BCUT2D eigenvalue weighted by Crippen LogP contribution is -2.22. The van der Waals surface area contributed by atoms with E-state index in [2.05, 4.69) is 15.3 Å². The molecule has 0 fully saturated rings. The summed E-state index contributed by atoms with van der Waals surface area (Å²) < 4.78 is 1.81. The van der Waals surface area contributed by atoms with E-state index in [9.17, 15) is 4.79 Å². The highest BCUT2D eigenvalue weighted by atomic mass is 35.5. The second kappa shape index (κ2) is 6.41. The smallest absolute Gasteiger partial charge is 0.251 e. The van der Waals surface area contributed by atoms with Gasteiger partial charge in [-0.1, -0.05) is 23.7 Å². The minimum atomic E-state index is -0.166. The Morgan fingerprint density at radius 3 is 2.86 bits per heavy atom. The normalized spacial score (nSPS) is 10.4. The summed E-state index contributed by atoms with van der Waals surface area (Å²) in [6.45, 7) is 0.405. The SMILES string of the molecule is O=C(NCc1ccc(-n2ccnc2)nc1)c1cccc(Cl)c1. The number of hydrogen-bond donors (Lipinski definition) is 1. The van der Waals surface area contributed by atoms with Gasteiger partial charge < -0.3 is 5.32 Å². The summed E-state index contributed by atoms with van der Waals surface area (Å²) in [6.07, 6.45) is 6.93. The van der Waals surface area contributed by atoms with Gasteiger partial charge in [0.05, 0.1) is 0 Å². The predicted octanol–water partition coefficient (Wildman–Crippen LogP) is 2.85. The number of carbonyl (C=O) groups is 1. The highest BCUT2D eigenvalue weighted by Crippen LogP contribution is 2.11. The first-order valence-electron chi connectivity index (χ1n) is 6.69. The van der Waals surface area contributed by atoms with E-state index in [1.165, 1.54) is 0 Å². The van der Waals surface area contributed by atoms with Crippen LogP contribution in [0.3, 0.4) is 0 Å². The van der Waals surface area contributed by atoms with Gasteiger partial charge in [0.15, 0.2) is 0 Å². The van der Waals surface area contributed by atoms with Crippen LogP contribution >= 0.6 is 11.6 Å². The van der Waals surface area contributed by atoms with E-state index < -0.39 is 0 Å². The fourth-order valence-corrected chi connectivity index (χ4v) is 2.17. The molecular formula is C16H13ClN4O. The molecule has 110 valence electrons. The van der Waals surface area contributed by atoms with Crippen molar-refractivity contribution in [1.82, 2.24) is 19.9 Å². The summed E-state index contributed by atoms with van der Waals surface area (Å²) in [4.78, 5) is 20.3. The third-order valence-electron chi connectivity index (χ3n) is 3.12. The molecule has 22 heavy (non-hydrogen) atoms. The topological polar surface area (TPSA) is 59.8 Å². The molecule has 3 aromatic rings. The Morgan fingerprint density at radius 2 is 2.18 bits per heavy atom. The Hall–Kier alpha value is -2.66. The van der Waals surface area contributed by atoms with Crippen LogP contribution in [0.4, 0.5) is 0 Å². The number of nitrogens with zero attached hydrogens (tertiary/aromatic N) is 3. The van der Waals surface area contributed by atoms with Gasteiger partial charge in [-0.05, 0) is 29.8 Å². The van der Waals surface area contributed by atoms with Gasteiger partial charge in [0.1, 0.15) is 12.1 Å². The number of carbonyl (C=O) groups excluding carboxylic acids is 1. The van der Waals surface area contributed by atoms with Crippen molar-refractivity contribution in [2.75, 3.05) is 0 Å². The average molecular weight is 313 g/mol. The van der Waals surface area contributed by atoms with E-state index in [0.717, 1.165) is 11.4 Å². The fraction of sp³-hybridized carbons (Fsp3) is 0.0625. The summed E-state index contributed by atoms with van der Waals surface area (Å²) in [6, 6.07) is 10.6. The first-order chi connectivity index (χ1) is 10.7. The van der Waals surface area contributed by atoms with Gasteiger partial charge in [0.25, 0.3) is 5.91 Å². The van der Waals surface area contributed by atoms with Crippen molar-refractivity contribution < 1.29 is 4.79 Å². The number of benzene rings is 1. The van der Waals surface area contributed by atoms with E-state index in [0.29, 0.717) is 17.1 Å². The molecule has 5 nitrogen and oxygen atoms in total. The van der Waals surface area contributed by atoms with Crippen molar-refractivity contribution >= 4 is 17.5 Å². The van der Waals surface area contributed by atoms with Gasteiger partial charge >= 0.3 is 0 Å². The lowest BCUT2D eigenvalue weighted by molar-refractivity contribution is 0.0951. The molecule has 0 saturated carbocycles. The average Bonchev–Trinajstić information content (AvgIpc) is 3.07. The molecule has 1 aromatic carbocycles. The van der Waals surface area contributed by atoms with Crippen LogP contribution in [0.25, 0.3) is 5.82 Å². The summed E-state index contributed by atoms with van der Waals surface area (Å²) in [5.74, 6) is 0.614. The summed E-state index contributed by atoms with van der Waals surface area (Å²) in [5, 5.41) is 3.38. The van der Waals surface area contributed by atoms with Crippen LogP contribution in [0.2, 0.25) is 5.02 Å². The molecule has 1 amide bonds. The van der Waals surface area contributed by atoms with Gasteiger partial charge in [-0.15, -0.1) is 0 Å². The molecule has 0 bridgehead atoms. The Kier molecular flexibility index (Phi) is 4.16. The molecule has 1 N–H and O–H groups in total. The summed E-state index contributed by atoms with van der Waals surface area (Å²) >= 11 is 5.87.